The van der Waals surface area contributed by atoms with E-state index >= 15 is 0 Å². The molecule has 0 aromatic heterocycles. The molecule has 2 fully saturated rings. The highest BCUT2D eigenvalue weighted by molar-refractivity contribution is 5.83. The SMILES string of the molecule is CC1CCC(C(=O)CN2CCCC(C)C2N)CC1. The molecule has 2 atom stereocenters. The molecule has 1 aliphatic carbocycles. The maximum absolute atomic E-state index is 12.3. The fourth-order valence-electron chi connectivity index (χ4n) is 3.39. The number of nitrogens with zero attached hydrogens (tertiary/aromatic N) is 1. The van der Waals surface area contributed by atoms with Gasteiger partial charge >= 0.3 is 0 Å². The topological polar surface area (TPSA) is 46.3 Å². The Morgan fingerprint density at radius 3 is 2.50 bits per heavy atom. The molecule has 18 heavy (non-hydrogen) atoms. The molecule has 2 N–H and O–H groups in total. The van der Waals surface area contributed by atoms with E-state index in [0.29, 0.717) is 24.2 Å². The predicted octanol–water partition coefficient (Wildman–Crippen LogP) is 2.40. The Kier molecular flexibility index (Phi) is 4.79. The first kappa shape index (κ1) is 14.0. The third-order valence-corrected chi connectivity index (χ3v) is 4.94. The van der Waals surface area contributed by atoms with Gasteiger partial charge in [-0.05, 0) is 37.5 Å². The number of rotatable bonds is 3. The smallest absolute Gasteiger partial charge is 0.149 e. The van der Waals surface area contributed by atoms with Crippen LogP contribution in [0.25, 0.3) is 0 Å². The number of likely N-dealkylation sites (tertiary alicyclic amines) is 1. The van der Waals surface area contributed by atoms with Gasteiger partial charge in [-0.25, -0.2) is 0 Å². The molecule has 2 rings (SSSR count). The number of hydrogen-bond acceptors (Lipinski definition) is 3. The van der Waals surface area contributed by atoms with Crippen LogP contribution >= 0.6 is 0 Å². The molecule has 1 heterocycles. The van der Waals surface area contributed by atoms with Gasteiger partial charge in [0.05, 0.1) is 12.7 Å². The largest absolute Gasteiger partial charge is 0.315 e. The molecule has 0 aromatic carbocycles. The van der Waals surface area contributed by atoms with Gasteiger partial charge in [-0.2, -0.15) is 0 Å². The van der Waals surface area contributed by atoms with Crippen molar-refractivity contribution in [1.82, 2.24) is 4.90 Å². The predicted molar refractivity (Wildman–Crippen MR) is 74.1 cm³/mol. The van der Waals surface area contributed by atoms with Crippen molar-refractivity contribution in [1.29, 1.82) is 0 Å². The molecule has 1 saturated heterocycles. The van der Waals surface area contributed by atoms with E-state index in [-0.39, 0.29) is 6.17 Å². The second-order valence-corrected chi connectivity index (χ2v) is 6.50. The number of piperidine rings is 1. The standard InChI is InChI=1S/C15H28N2O/c1-11-5-7-13(8-6-11)14(18)10-17-9-3-4-12(2)15(17)16/h11-13,15H,3-10,16H2,1-2H3. The van der Waals surface area contributed by atoms with Crippen LogP contribution in [0.3, 0.4) is 0 Å². The summed E-state index contributed by atoms with van der Waals surface area (Å²) < 4.78 is 0. The first-order valence-electron chi connectivity index (χ1n) is 7.60. The van der Waals surface area contributed by atoms with Crippen molar-refractivity contribution in [2.24, 2.45) is 23.5 Å². The molecule has 3 nitrogen and oxygen atoms in total. The molecule has 104 valence electrons. The van der Waals surface area contributed by atoms with E-state index in [1.807, 2.05) is 0 Å². The Labute approximate surface area is 111 Å². The van der Waals surface area contributed by atoms with E-state index < -0.39 is 0 Å². The molecular weight excluding hydrogens is 224 g/mol. The van der Waals surface area contributed by atoms with Crippen LogP contribution in [0.4, 0.5) is 0 Å². The molecule has 1 aliphatic heterocycles. The summed E-state index contributed by atoms with van der Waals surface area (Å²) in [7, 11) is 0. The maximum Gasteiger partial charge on any atom is 0.149 e. The van der Waals surface area contributed by atoms with E-state index in [2.05, 4.69) is 18.7 Å². The molecule has 0 radical (unpaired) electrons. The van der Waals surface area contributed by atoms with Crippen molar-refractivity contribution in [3.8, 4) is 0 Å². The Morgan fingerprint density at radius 2 is 1.83 bits per heavy atom. The Hall–Kier alpha value is -0.410. The number of nitrogens with two attached hydrogens (primary N) is 1. The molecule has 2 aliphatic rings. The van der Waals surface area contributed by atoms with Gasteiger partial charge in [0, 0.05) is 12.5 Å². The molecule has 2 unspecified atom stereocenters. The number of Topliss-reactive ketones (excluding diaryl/α,β-unsaturated/α-hetero) is 1. The fourth-order valence-corrected chi connectivity index (χ4v) is 3.39. The zero-order valence-electron chi connectivity index (χ0n) is 11.9. The summed E-state index contributed by atoms with van der Waals surface area (Å²) in [6, 6.07) is 0. The van der Waals surface area contributed by atoms with Crippen molar-refractivity contribution in [3.05, 3.63) is 0 Å². The Bertz CT molecular complexity index is 284. The van der Waals surface area contributed by atoms with Crippen molar-refractivity contribution in [2.75, 3.05) is 13.1 Å². The van der Waals surface area contributed by atoms with Crippen LogP contribution in [0.2, 0.25) is 0 Å². The number of hydrogen-bond donors (Lipinski definition) is 1. The fraction of sp³-hybridized carbons (Fsp3) is 0.933. The van der Waals surface area contributed by atoms with Crippen LogP contribution in [0, 0.1) is 17.8 Å². The summed E-state index contributed by atoms with van der Waals surface area (Å²) in [6.45, 7) is 6.08. The number of ketones is 1. The van der Waals surface area contributed by atoms with Crippen LogP contribution in [-0.2, 0) is 4.79 Å². The lowest BCUT2D eigenvalue weighted by Gasteiger charge is -2.38. The van der Waals surface area contributed by atoms with E-state index in [9.17, 15) is 4.79 Å². The van der Waals surface area contributed by atoms with Crippen molar-refractivity contribution >= 4 is 5.78 Å². The third kappa shape index (κ3) is 3.33. The molecule has 0 spiro atoms. The summed E-state index contributed by atoms with van der Waals surface area (Å²) >= 11 is 0. The lowest BCUT2D eigenvalue weighted by atomic mass is 9.80. The molecule has 3 heteroatoms. The van der Waals surface area contributed by atoms with Gasteiger partial charge in [-0.1, -0.05) is 26.7 Å². The van der Waals surface area contributed by atoms with E-state index in [0.717, 1.165) is 25.3 Å². The molecule has 0 aromatic rings. The molecular formula is C15H28N2O. The Morgan fingerprint density at radius 1 is 1.17 bits per heavy atom. The van der Waals surface area contributed by atoms with Gasteiger partial charge < -0.3 is 5.73 Å². The zero-order chi connectivity index (χ0) is 13.1. The molecule has 1 saturated carbocycles. The van der Waals surface area contributed by atoms with Gasteiger partial charge in [0.2, 0.25) is 0 Å². The lowest BCUT2D eigenvalue weighted by molar-refractivity contribution is -0.126. The average Bonchev–Trinajstić information content (AvgIpc) is 2.36. The Balaban J connectivity index is 1.83. The third-order valence-electron chi connectivity index (χ3n) is 4.94. The van der Waals surface area contributed by atoms with Crippen molar-refractivity contribution in [2.45, 2.75) is 58.5 Å². The zero-order valence-corrected chi connectivity index (χ0v) is 11.9. The molecule has 0 amide bonds. The van der Waals surface area contributed by atoms with Crippen molar-refractivity contribution in [3.63, 3.8) is 0 Å². The van der Waals surface area contributed by atoms with E-state index in [1.165, 1.54) is 25.7 Å². The quantitative estimate of drug-likeness (QED) is 0.839. The second kappa shape index (κ2) is 6.16. The number of carbonyl (C=O) groups excluding carboxylic acids is 1. The minimum atomic E-state index is 0.0882. The number of carbonyl (C=O) groups is 1. The van der Waals surface area contributed by atoms with Crippen LogP contribution < -0.4 is 5.73 Å². The van der Waals surface area contributed by atoms with E-state index in [4.69, 9.17) is 5.73 Å². The highest BCUT2D eigenvalue weighted by Gasteiger charge is 2.30. The summed E-state index contributed by atoms with van der Waals surface area (Å²) in [6.07, 6.45) is 7.11. The summed E-state index contributed by atoms with van der Waals surface area (Å²) in [5.74, 6) is 2.08. The monoisotopic (exact) mass is 252 g/mol. The van der Waals surface area contributed by atoms with Gasteiger partial charge in [0.1, 0.15) is 5.78 Å². The van der Waals surface area contributed by atoms with Gasteiger partial charge in [0.25, 0.3) is 0 Å². The highest BCUT2D eigenvalue weighted by atomic mass is 16.1. The van der Waals surface area contributed by atoms with Gasteiger partial charge in [0.15, 0.2) is 0 Å². The first-order chi connectivity index (χ1) is 8.58. The first-order valence-corrected chi connectivity index (χ1v) is 7.60. The summed E-state index contributed by atoms with van der Waals surface area (Å²) in [5, 5.41) is 0. The molecule has 0 bridgehead atoms. The highest BCUT2D eigenvalue weighted by Crippen LogP contribution is 2.29. The van der Waals surface area contributed by atoms with Crippen LogP contribution in [0.1, 0.15) is 52.4 Å². The van der Waals surface area contributed by atoms with Crippen molar-refractivity contribution < 1.29 is 4.79 Å². The maximum atomic E-state index is 12.3. The van der Waals surface area contributed by atoms with E-state index in [1.54, 1.807) is 0 Å². The van der Waals surface area contributed by atoms with Crippen LogP contribution in [0.5, 0.6) is 0 Å². The van der Waals surface area contributed by atoms with Crippen LogP contribution in [-0.4, -0.2) is 29.9 Å². The summed E-state index contributed by atoms with van der Waals surface area (Å²) in [5.41, 5.74) is 6.20. The van der Waals surface area contributed by atoms with Gasteiger partial charge in [-0.3, -0.25) is 9.69 Å². The summed E-state index contributed by atoms with van der Waals surface area (Å²) in [4.78, 5) is 14.5. The lowest BCUT2D eigenvalue weighted by Crippen LogP contribution is -2.52. The second-order valence-electron chi connectivity index (χ2n) is 6.50. The normalized spacial score (nSPS) is 38.6. The van der Waals surface area contributed by atoms with Crippen LogP contribution in [0.15, 0.2) is 0 Å². The minimum absolute atomic E-state index is 0.0882. The minimum Gasteiger partial charge on any atom is -0.315 e. The van der Waals surface area contributed by atoms with Gasteiger partial charge in [-0.15, -0.1) is 0 Å². The average molecular weight is 252 g/mol.